The molecule has 0 aromatic carbocycles. The maximum atomic E-state index is 12.5. The highest BCUT2D eigenvalue weighted by Crippen LogP contribution is 2.34. The number of hydrogen-bond acceptors (Lipinski definition) is 4. The van der Waals surface area contributed by atoms with Gasteiger partial charge in [-0.2, -0.15) is 0 Å². The summed E-state index contributed by atoms with van der Waals surface area (Å²) in [4.78, 5) is 25.1. The lowest BCUT2D eigenvalue weighted by molar-refractivity contribution is -0.148. The van der Waals surface area contributed by atoms with E-state index in [-0.39, 0.29) is 24.9 Å². The van der Waals surface area contributed by atoms with Crippen molar-refractivity contribution in [2.75, 3.05) is 6.54 Å². The quantitative estimate of drug-likeness (QED) is 0.661. The molecule has 0 aromatic heterocycles. The standard InChI is InChI=1S/C14H22N2O4/c17-9-6-12(14(19)20)16(7-9)13(18)11-5-8-3-1-2-4-10(8)15-11/h8-12,15,17H,1-7H2,(H,19,20). The zero-order valence-corrected chi connectivity index (χ0v) is 11.5. The molecular weight excluding hydrogens is 260 g/mol. The monoisotopic (exact) mass is 282 g/mol. The van der Waals surface area contributed by atoms with Crippen LogP contribution in [-0.4, -0.2) is 57.8 Å². The average Bonchev–Trinajstić information content (AvgIpc) is 3.01. The molecule has 1 aliphatic carbocycles. The molecular formula is C14H22N2O4. The van der Waals surface area contributed by atoms with Crippen molar-refractivity contribution in [3.05, 3.63) is 0 Å². The summed E-state index contributed by atoms with van der Waals surface area (Å²) in [7, 11) is 0. The Morgan fingerprint density at radius 2 is 1.90 bits per heavy atom. The third-order valence-electron chi connectivity index (χ3n) is 5.01. The van der Waals surface area contributed by atoms with Crippen LogP contribution in [0.15, 0.2) is 0 Å². The first-order valence-corrected chi connectivity index (χ1v) is 7.53. The lowest BCUT2D eigenvalue weighted by atomic mass is 9.85. The van der Waals surface area contributed by atoms with Crippen LogP contribution in [0, 0.1) is 5.92 Å². The van der Waals surface area contributed by atoms with Crippen molar-refractivity contribution in [2.24, 2.45) is 5.92 Å². The van der Waals surface area contributed by atoms with Gasteiger partial charge in [0.2, 0.25) is 5.91 Å². The van der Waals surface area contributed by atoms with E-state index in [9.17, 15) is 19.8 Å². The minimum Gasteiger partial charge on any atom is -0.480 e. The highest BCUT2D eigenvalue weighted by Gasteiger charge is 2.45. The third-order valence-corrected chi connectivity index (χ3v) is 5.01. The Bertz CT molecular complexity index is 400. The van der Waals surface area contributed by atoms with Gasteiger partial charge in [-0.05, 0) is 25.2 Å². The Labute approximate surface area is 118 Å². The Balaban J connectivity index is 1.68. The maximum Gasteiger partial charge on any atom is 0.326 e. The Morgan fingerprint density at radius 3 is 2.60 bits per heavy atom. The van der Waals surface area contributed by atoms with Crippen molar-refractivity contribution >= 4 is 11.9 Å². The molecule has 112 valence electrons. The molecule has 2 saturated heterocycles. The average molecular weight is 282 g/mol. The molecule has 3 fully saturated rings. The summed E-state index contributed by atoms with van der Waals surface area (Å²) in [5.74, 6) is -0.623. The number of fused-ring (bicyclic) bond motifs is 1. The molecule has 0 radical (unpaired) electrons. The molecule has 3 aliphatic rings. The number of hydrogen-bond donors (Lipinski definition) is 3. The number of likely N-dealkylation sites (tertiary alicyclic amines) is 1. The van der Waals surface area contributed by atoms with Crippen LogP contribution in [0.1, 0.15) is 38.5 Å². The smallest absolute Gasteiger partial charge is 0.326 e. The van der Waals surface area contributed by atoms with Crippen LogP contribution in [0.4, 0.5) is 0 Å². The van der Waals surface area contributed by atoms with Gasteiger partial charge in [-0.15, -0.1) is 0 Å². The lowest BCUT2D eigenvalue weighted by Crippen LogP contribution is -2.49. The number of nitrogens with zero attached hydrogens (tertiary/aromatic N) is 1. The summed E-state index contributed by atoms with van der Waals surface area (Å²) in [6.07, 6.45) is 4.93. The van der Waals surface area contributed by atoms with Gasteiger partial charge in [0.1, 0.15) is 6.04 Å². The topological polar surface area (TPSA) is 89.9 Å². The highest BCUT2D eigenvalue weighted by molar-refractivity contribution is 5.88. The van der Waals surface area contributed by atoms with Gasteiger partial charge in [-0.1, -0.05) is 12.8 Å². The summed E-state index contributed by atoms with van der Waals surface area (Å²) in [6.45, 7) is 0.142. The number of carbonyl (C=O) groups is 2. The first-order chi connectivity index (χ1) is 9.56. The Morgan fingerprint density at radius 1 is 1.15 bits per heavy atom. The van der Waals surface area contributed by atoms with E-state index in [4.69, 9.17) is 0 Å². The Hall–Kier alpha value is -1.14. The van der Waals surface area contributed by atoms with E-state index in [1.54, 1.807) is 0 Å². The van der Waals surface area contributed by atoms with E-state index >= 15 is 0 Å². The van der Waals surface area contributed by atoms with Crippen LogP contribution in [0.2, 0.25) is 0 Å². The molecule has 0 aromatic rings. The van der Waals surface area contributed by atoms with E-state index in [2.05, 4.69) is 5.32 Å². The number of β-amino-alcohol motifs (C(OH)–C–C–N with tert-alkyl or cyclic N) is 1. The van der Waals surface area contributed by atoms with Gasteiger partial charge in [0.05, 0.1) is 12.1 Å². The zero-order valence-electron chi connectivity index (χ0n) is 11.5. The summed E-state index contributed by atoms with van der Waals surface area (Å²) in [6, 6.07) is -0.731. The van der Waals surface area contributed by atoms with Crippen LogP contribution in [0.5, 0.6) is 0 Å². The fourth-order valence-electron chi connectivity index (χ4n) is 4.00. The summed E-state index contributed by atoms with van der Waals surface area (Å²) < 4.78 is 0. The number of amides is 1. The number of nitrogens with one attached hydrogen (secondary N) is 1. The SMILES string of the molecule is O=C(O)C1CC(O)CN1C(=O)C1CC2CCCCC2N1. The summed E-state index contributed by atoms with van der Waals surface area (Å²) in [5.41, 5.74) is 0. The van der Waals surface area contributed by atoms with Gasteiger partial charge < -0.3 is 20.4 Å². The summed E-state index contributed by atoms with van der Waals surface area (Å²) >= 11 is 0. The molecule has 2 heterocycles. The number of carboxylic acids is 1. The number of rotatable bonds is 2. The van der Waals surface area contributed by atoms with Gasteiger partial charge in [-0.3, -0.25) is 4.79 Å². The number of aliphatic carboxylic acids is 1. The molecule has 1 amide bonds. The van der Waals surface area contributed by atoms with Gasteiger partial charge >= 0.3 is 5.97 Å². The van der Waals surface area contributed by atoms with Gasteiger partial charge in [-0.25, -0.2) is 4.79 Å². The van der Waals surface area contributed by atoms with Crippen molar-refractivity contribution in [2.45, 2.75) is 62.8 Å². The van der Waals surface area contributed by atoms with E-state index in [0.29, 0.717) is 12.0 Å². The zero-order chi connectivity index (χ0) is 14.3. The van der Waals surface area contributed by atoms with E-state index in [1.807, 2.05) is 0 Å². The fraction of sp³-hybridized carbons (Fsp3) is 0.857. The van der Waals surface area contributed by atoms with E-state index < -0.39 is 18.1 Å². The molecule has 6 nitrogen and oxygen atoms in total. The van der Waals surface area contributed by atoms with Crippen molar-refractivity contribution in [1.29, 1.82) is 0 Å². The minimum atomic E-state index is -1.02. The highest BCUT2D eigenvalue weighted by atomic mass is 16.4. The third kappa shape index (κ3) is 2.42. The molecule has 1 saturated carbocycles. The van der Waals surface area contributed by atoms with Crippen molar-refractivity contribution in [3.63, 3.8) is 0 Å². The second kappa shape index (κ2) is 5.33. The molecule has 6 heteroatoms. The first kappa shape index (κ1) is 13.8. The van der Waals surface area contributed by atoms with Crippen LogP contribution in [-0.2, 0) is 9.59 Å². The van der Waals surface area contributed by atoms with Crippen LogP contribution in [0.3, 0.4) is 0 Å². The maximum absolute atomic E-state index is 12.5. The molecule has 20 heavy (non-hydrogen) atoms. The molecule has 2 aliphatic heterocycles. The molecule has 0 spiro atoms. The predicted octanol–water partition coefficient (Wildman–Crippen LogP) is -0.0465. The summed E-state index contributed by atoms with van der Waals surface area (Å²) in [5, 5.41) is 22.2. The second-order valence-corrected chi connectivity index (χ2v) is 6.34. The van der Waals surface area contributed by atoms with Crippen molar-refractivity contribution in [3.8, 4) is 0 Å². The van der Waals surface area contributed by atoms with Crippen LogP contribution >= 0.6 is 0 Å². The second-order valence-electron chi connectivity index (χ2n) is 6.34. The number of aliphatic hydroxyl groups is 1. The van der Waals surface area contributed by atoms with Crippen molar-refractivity contribution < 1.29 is 19.8 Å². The molecule has 3 rings (SSSR count). The minimum absolute atomic E-state index is 0.140. The van der Waals surface area contributed by atoms with Crippen molar-refractivity contribution in [1.82, 2.24) is 10.2 Å². The van der Waals surface area contributed by atoms with Gasteiger partial charge in [0.15, 0.2) is 0 Å². The predicted molar refractivity (Wildman–Crippen MR) is 71.0 cm³/mol. The lowest BCUT2D eigenvalue weighted by Gasteiger charge is -2.25. The fourth-order valence-corrected chi connectivity index (χ4v) is 4.00. The molecule has 3 N–H and O–H groups in total. The molecule has 5 unspecified atom stereocenters. The van der Waals surface area contributed by atoms with E-state index in [0.717, 1.165) is 19.3 Å². The van der Waals surface area contributed by atoms with Gasteiger partial charge in [0, 0.05) is 19.0 Å². The Kier molecular flexibility index (Phi) is 3.69. The number of carbonyl (C=O) groups excluding carboxylic acids is 1. The largest absolute Gasteiger partial charge is 0.480 e. The van der Waals surface area contributed by atoms with Crippen LogP contribution in [0.25, 0.3) is 0 Å². The molecule has 0 bridgehead atoms. The molecule has 5 atom stereocenters. The first-order valence-electron chi connectivity index (χ1n) is 7.53. The van der Waals surface area contributed by atoms with Gasteiger partial charge in [0.25, 0.3) is 0 Å². The normalized spacial score (nSPS) is 40.6. The van der Waals surface area contributed by atoms with E-state index in [1.165, 1.54) is 17.7 Å². The number of aliphatic hydroxyl groups excluding tert-OH is 1. The van der Waals surface area contributed by atoms with Crippen LogP contribution < -0.4 is 5.32 Å². The number of carboxylic acid groups (broad SMARTS) is 1.